The highest BCUT2D eigenvalue weighted by Gasteiger charge is 2.19. The molecule has 348 valence electrons. The Kier molecular flexibility index (Phi) is 46.9. The van der Waals surface area contributed by atoms with Crippen molar-refractivity contribution in [1.82, 2.24) is 0 Å². The van der Waals surface area contributed by atoms with Gasteiger partial charge in [-0.3, -0.25) is 14.4 Å². The minimum Gasteiger partial charge on any atom is -0.462 e. The summed E-state index contributed by atoms with van der Waals surface area (Å²) in [4.78, 5) is 37.8. The molecule has 0 unspecified atom stereocenters. The number of rotatable bonds is 46. The zero-order chi connectivity index (χ0) is 43.7. The number of carbonyl (C=O) groups is 3. The highest BCUT2D eigenvalue weighted by molar-refractivity contribution is 5.71. The Morgan fingerprint density at radius 1 is 0.350 bits per heavy atom. The van der Waals surface area contributed by atoms with E-state index < -0.39 is 6.10 Å². The van der Waals surface area contributed by atoms with Crippen molar-refractivity contribution in [3.8, 4) is 0 Å². The Labute approximate surface area is 371 Å². The van der Waals surface area contributed by atoms with Gasteiger partial charge in [-0.15, -0.1) is 0 Å². The second kappa shape index (κ2) is 49.0. The minimum atomic E-state index is -0.789. The highest BCUT2D eigenvalue weighted by Crippen LogP contribution is 2.16. The normalized spacial score (nSPS) is 12.4. The molecule has 0 aromatic heterocycles. The molecule has 0 saturated heterocycles. The summed E-state index contributed by atoms with van der Waals surface area (Å²) >= 11 is 0. The van der Waals surface area contributed by atoms with Gasteiger partial charge in [-0.1, -0.05) is 230 Å². The fraction of sp³-hybridized carbons (Fsp3) is 0.796. The van der Waals surface area contributed by atoms with Gasteiger partial charge in [0, 0.05) is 19.3 Å². The van der Waals surface area contributed by atoms with Gasteiger partial charge in [-0.05, 0) is 57.8 Å². The molecule has 0 aliphatic carbocycles. The first-order chi connectivity index (χ1) is 29.5. The topological polar surface area (TPSA) is 78.9 Å². The van der Waals surface area contributed by atoms with Gasteiger partial charge >= 0.3 is 17.9 Å². The molecule has 60 heavy (non-hydrogen) atoms. The summed E-state index contributed by atoms with van der Waals surface area (Å²) < 4.78 is 16.7. The molecule has 0 aromatic carbocycles. The number of allylic oxidation sites excluding steroid dienone is 8. The first-order valence-corrected chi connectivity index (χ1v) is 25.6. The molecule has 0 heterocycles. The van der Waals surface area contributed by atoms with Crippen molar-refractivity contribution >= 4 is 17.9 Å². The molecule has 0 bridgehead atoms. The molecule has 0 aliphatic heterocycles. The molecule has 6 heteroatoms. The van der Waals surface area contributed by atoms with Crippen molar-refractivity contribution in [2.45, 2.75) is 264 Å². The summed E-state index contributed by atoms with van der Waals surface area (Å²) in [5.74, 6) is -0.923. The molecule has 0 N–H and O–H groups in total. The van der Waals surface area contributed by atoms with Crippen LogP contribution in [0.4, 0.5) is 0 Å². The maximum absolute atomic E-state index is 12.7. The van der Waals surface area contributed by atoms with Gasteiger partial charge < -0.3 is 14.2 Å². The van der Waals surface area contributed by atoms with E-state index in [4.69, 9.17) is 14.2 Å². The Morgan fingerprint density at radius 3 is 1.02 bits per heavy atom. The molecule has 0 rings (SSSR count). The molecular weight excluding hydrogens is 745 g/mol. The van der Waals surface area contributed by atoms with Crippen LogP contribution in [-0.4, -0.2) is 37.2 Å². The lowest BCUT2D eigenvalue weighted by molar-refractivity contribution is -0.167. The second-order valence-corrected chi connectivity index (χ2v) is 17.1. The average molecular weight is 841 g/mol. The monoisotopic (exact) mass is 841 g/mol. The van der Waals surface area contributed by atoms with E-state index in [1.807, 2.05) is 0 Å². The molecule has 0 aliphatic rings. The van der Waals surface area contributed by atoms with Crippen LogP contribution in [0.3, 0.4) is 0 Å². The van der Waals surface area contributed by atoms with Gasteiger partial charge in [0.2, 0.25) is 0 Å². The van der Waals surface area contributed by atoms with Crippen molar-refractivity contribution in [2.24, 2.45) is 0 Å². The average Bonchev–Trinajstić information content (AvgIpc) is 3.24. The van der Waals surface area contributed by atoms with E-state index in [1.54, 1.807) is 0 Å². The summed E-state index contributed by atoms with van der Waals surface area (Å²) in [5.41, 5.74) is 0. The van der Waals surface area contributed by atoms with Gasteiger partial charge in [-0.2, -0.15) is 0 Å². The number of ether oxygens (including phenoxy) is 3. The number of esters is 3. The van der Waals surface area contributed by atoms with Gasteiger partial charge in [-0.25, -0.2) is 0 Å². The van der Waals surface area contributed by atoms with Gasteiger partial charge in [0.25, 0.3) is 0 Å². The maximum Gasteiger partial charge on any atom is 0.306 e. The van der Waals surface area contributed by atoms with Crippen LogP contribution in [0.15, 0.2) is 48.6 Å². The Morgan fingerprint density at radius 2 is 0.650 bits per heavy atom. The van der Waals surface area contributed by atoms with Crippen LogP contribution < -0.4 is 0 Å². The quantitative estimate of drug-likeness (QED) is 0.0263. The third-order valence-corrected chi connectivity index (χ3v) is 11.1. The fourth-order valence-electron chi connectivity index (χ4n) is 7.26. The maximum atomic E-state index is 12.7. The predicted octanol–water partition coefficient (Wildman–Crippen LogP) is 16.7. The van der Waals surface area contributed by atoms with E-state index in [2.05, 4.69) is 69.4 Å². The summed E-state index contributed by atoms with van der Waals surface area (Å²) in [6.07, 6.45) is 58.2. The SMILES string of the molecule is CC/C=C\C/C=C\C/C=C\C/C=C\CCCCC(=O)O[C@H](COC(=O)CCCCCCCCCCC)COC(=O)CCCCCCCCCCCCCCCCCCCC. The number of unbranched alkanes of at least 4 members (excludes halogenated alkanes) is 27. The van der Waals surface area contributed by atoms with E-state index in [0.29, 0.717) is 19.3 Å². The third-order valence-electron chi connectivity index (χ3n) is 11.1. The van der Waals surface area contributed by atoms with Crippen molar-refractivity contribution < 1.29 is 28.6 Å². The summed E-state index contributed by atoms with van der Waals surface area (Å²) in [7, 11) is 0. The van der Waals surface area contributed by atoms with Gasteiger partial charge in [0.1, 0.15) is 13.2 Å². The minimum absolute atomic E-state index is 0.0864. The Bertz CT molecular complexity index is 1060. The first-order valence-electron chi connectivity index (χ1n) is 25.6. The number of hydrogen-bond donors (Lipinski definition) is 0. The Hall–Kier alpha value is -2.63. The van der Waals surface area contributed by atoms with E-state index in [-0.39, 0.29) is 37.5 Å². The van der Waals surface area contributed by atoms with E-state index in [0.717, 1.165) is 77.0 Å². The van der Waals surface area contributed by atoms with Crippen LogP contribution in [-0.2, 0) is 28.6 Å². The first kappa shape index (κ1) is 57.4. The van der Waals surface area contributed by atoms with Crippen molar-refractivity contribution in [3.05, 3.63) is 48.6 Å². The lowest BCUT2D eigenvalue weighted by atomic mass is 10.0. The zero-order valence-electron chi connectivity index (χ0n) is 39.7. The van der Waals surface area contributed by atoms with Gasteiger partial charge in [0.05, 0.1) is 0 Å². The van der Waals surface area contributed by atoms with Crippen molar-refractivity contribution in [2.75, 3.05) is 13.2 Å². The molecule has 6 nitrogen and oxygen atoms in total. The molecule has 0 saturated carbocycles. The van der Waals surface area contributed by atoms with E-state index in [1.165, 1.54) is 135 Å². The van der Waals surface area contributed by atoms with E-state index >= 15 is 0 Å². The summed E-state index contributed by atoms with van der Waals surface area (Å²) in [5, 5.41) is 0. The van der Waals surface area contributed by atoms with Crippen molar-refractivity contribution in [1.29, 1.82) is 0 Å². The largest absolute Gasteiger partial charge is 0.462 e. The fourth-order valence-corrected chi connectivity index (χ4v) is 7.26. The smallest absolute Gasteiger partial charge is 0.306 e. The van der Waals surface area contributed by atoms with Crippen LogP contribution in [0, 0.1) is 0 Å². The molecule has 0 aromatic rings. The second-order valence-electron chi connectivity index (χ2n) is 17.1. The Balaban J connectivity index is 4.34. The summed E-state index contributed by atoms with van der Waals surface area (Å²) in [6, 6.07) is 0. The molecule has 0 fully saturated rings. The number of hydrogen-bond acceptors (Lipinski definition) is 6. The molecule has 1 atom stereocenters. The third kappa shape index (κ3) is 46.4. The zero-order valence-corrected chi connectivity index (χ0v) is 39.7. The van der Waals surface area contributed by atoms with E-state index in [9.17, 15) is 14.4 Å². The standard InChI is InChI=1S/C54H96O6/c1-4-7-10-13-16-19-21-23-25-26-27-29-30-32-35-38-41-44-47-53(56)59-50-51(49-58-52(55)46-43-40-37-34-18-15-12-9-6-3)60-54(57)48-45-42-39-36-33-31-28-24-22-20-17-14-11-8-5-2/h8,11,17,20,24,28,33,36,51H,4-7,9-10,12-16,18-19,21-23,25-27,29-32,34-35,37-50H2,1-3H3/b11-8-,20-17-,28-24-,36-33-/t51-/m1/s1. The predicted molar refractivity (Wildman–Crippen MR) is 256 cm³/mol. The van der Waals surface area contributed by atoms with Crippen LogP contribution in [0.25, 0.3) is 0 Å². The van der Waals surface area contributed by atoms with Gasteiger partial charge in [0.15, 0.2) is 6.10 Å². The summed E-state index contributed by atoms with van der Waals surface area (Å²) in [6.45, 7) is 6.49. The lowest BCUT2D eigenvalue weighted by Crippen LogP contribution is -2.30. The molecule has 0 spiro atoms. The lowest BCUT2D eigenvalue weighted by Gasteiger charge is -2.18. The van der Waals surface area contributed by atoms with Crippen LogP contribution in [0.5, 0.6) is 0 Å². The van der Waals surface area contributed by atoms with Crippen molar-refractivity contribution in [3.63, 3.8) is 0 Å². The molecule has 0 radical (unpaired) electrons. The highest BCUT2D eigenvalue weighted by atomic mass is 16.6. The van der Waals surface area contributed by atoms with Crippen LogP contribution in [0.2, 0.25) is 0 Å². The van der Waals surface area contributed by atoms with Crippen LogP contribution in [0.1, 0.15) is 258 Å². The molecule has 0 amide bonds. The number of carbonyl (C=O) groups excluding carboxylic acids is 3. The van der Waals surface area contributed by atoms with Crippen LogP contribution >= 0.6 is 0 Å². The molecular formula is C54H96O6.